The third kappa shape index (κ3) is 4.78. The first-order chi connectivity index (χ1) is 12.2. The van der Waals surface area contributed by atoms with Crippen molar-refractivity contribution in [2.75, 3.05) is 0 Å². The van der Waals surface area contributed by atoms with Gasteiger partial charge in [-0.2, -0.15) is 0 Å². The first kappa shape index (κ1) is 16.9. The topological polar surface area (TPSA) is 39.2 Å². The van der Waals surface area contributed by atoms with Gasteiger partial charge in [0.25, 0.3) is 0 Å². The molecule has 25 heavy (non-hydrogen) atoms. The van der Waals surface area contributed by atoms with E-state index in [-0.39, 0.29) is 5.78 Å². The van der Waals surface area contributed by atoms with E-state index in [1.54, 1.807) is 42.7 Å². The standard InChI is InChI=1S/C21H16ClNO2/c22-19-8-3-7-18(13-19)20(24)11-10-17-6-1-2-9-21(17)25-15-16-5-4-12-23-14-16/h1-14H,15H2/b11-10+. The minimum Gasteiger partial charge on any atom is -0.488 e. The summed E-state index contributed by atoms with van der Waals surface area (Å²) in [4.78, 5) is 16.3. The maximum absolute atomic E-state index is 12.3. The lowest BCUT2D eigenvalue weighted by Crippen LogP contribution is -1.98. The van der Waals surface area contributed by atoms with Crippen LogP contribution in [0, 0.1) is 0 Å². The summed E-state index contributed by atoms with van der Waals surface area (Å²) in [6.45, 7) is 0.418. The van der Waals surface area contributed by atoms with Crippen LogP contribution in [0.25, 0.3) is 6.08 Å². The van der Waals surface area contributed by atoms with Gasteiger partial charge in [-0.15, -0.1) is 0 Å². The lowest BCUT2D eigenvalue weighted by atomic mass is 10.1. The number of ether oxygens (including phenoxy) is 1. The summed E-state index contributed by atoms with van der Waals surface area (Å²) in [5.41, 5.74) is 2.37. The predicted molar refractivity (Wildman–Crippen MR) is 99.8 cm³/mol. The van der Waals surface area contributed by atoms with Crippen molar-refractivity contribution < 1.29 is 9.53 Å². The quantitative estimate of drug-likeness (QED) is 0.453. The Morgan fingerprint density at radius 1 is 1.08 bits per heavy atom. The lowest BCUT2D eigenvalue weighted by Gasteiger charge is -2.09. The van der Waals surface area contributed by atoms with Crippen LogP contribution in [0.2, 0.25) is 5.02 Å². The van der Waals surface area contributed by atoms with Crippen molar-refractivity contribution in [3.63, 3.8) is 0 Å². The monoisotopic (exact) mass is 349 g/mol. The average Bonchev–Trinajstić information content (AvgIpc) is 2.66. The number of nitrogens with zero attached hydrogens (tertiary/aromatic N) is 1. The van der Waals surface area contributed by atoms with Crippen LogP contribution in [0.5, 0.6) is 5.75 Å². The van der Waals surface area contributed by atoms with Gasteiger partial charge >= 0.3 is 0 Å². The zero-order valence-corrected chi connectivity index (χ0v) is 14.2. The number of allylic oxidation sites excluding steroid dienone is 1. The Kier molecular flexibility index (Phi) is 5.60. The van der Waals surface area contributed by atoms with Gasteiger partial charge in [-0.25, -0.2) is 0 Å². The molecule has 1 aromatic heterocycles. The molecule has 0 bridgehead atoms. The Bertz CT molecular complexity index is 891. The van der Waals surface area contributed by atoms with E-state index >= 15 is 0 Å². The van der Waals surface area contributed by atoms with Gasteiger partial charge in [0.2, 0.25) is 0 Å². The van der Waals surface area contributed by atoms with Crippen LogP contribution in [0.1, 0.15) is 21.5 Å². The number of benzene rings is 2. The Balaban J connectivity index is 1.73. The van der Waals surface area contributed by atoms with Crippen molar-refractivity contribution in [2.45, 2.75) is 6.61 Å². The Morgan fingerprint density at radius 3 is 2.76 bits per heavy atom. The highest BCUT2D eigenvalue weighted by atomic mass is 35.5. The average molecular weight is 350 g/mol. The molecule has 2 aromatic carbocycles. The van der Waals surface area contributed by atoms with Crippen molar-refractivity contribution in [1.82, 2.24) is 4.98 Å². The number of rotatable bonds is 6. The van der Waals surface area contributed by atoms with Gasteiger partial charge in [-0.1, -0.05) is 48.0 Å². The van der Waals surface area contributed by atoms with E-state index < -0.39 is 0 Å². The molecular weight excluding hydrogens is 334 g/mol. The van der Waals surface area contributed by atoms with Gasteiger partial charge in [0.15, 0.2) is 5.78 Å². The number of halogens is 1. The highest BCUT2D eigenvalue weighted by molar-refractivity contribution is 6.31. The molecule has 0 N–H and O–H groups in total. The second-order valence-electron chi connectivity index (χ2n) is 5.40. The summed E-state index contributed by atoms with van der Waals surface area (Å²) in [6, 6.07) is 18.3. The number of carbonyl (C=O) groups is 1. The Labute approximate surface area is 151 Å². The minimum atomic E-state index is -0.107. The highest BCUT2D eigenvalue weighted by Gasteiger charge is 2.04. The first-order valence-electron chi connectivity index (χ1n) is 7.81. The first-order valence-corrected chi connectivity index (χ1v) is 8.19. The van der Waals surface area contributed by atoms with Gasteiger partial charge in [0, 0.05) is 34.1 Å². The molecule has 0 amide bonds. The summed E-state index contributed by atoms with van der Waals surface area (Å²) in [7, 11) is 0. The molecule has 0 aliphatic carbocycles. The van der Waals surface area contributed by atoms with Crippen molar-refractivity contribution in [3.8, 4) is 5.75 Å². The van der Waals surface area contributed by atoms with Crippen LogP contribution >= 0.6 is 11.6 Å². The van der Waals surface area contributed by atoms with Crippen LogP contribution in [-0.2, 0) is 6.61 Å². The number of ketones is 1. The van der Waals surface area contributed by atoms with Crippen molar-refractivity contribution in [1.29, 1.82) is 0 Å². The molecule has 0 unspecified atom stereocenters. The van der Waals surface area contributed by atoms with E-state index in [0.29, 0.717) is 22.9 Å². The fourth-order valence-corrected chi connectivity index (χ4v) is 2.49. The largest absolute Gasteiger partial charge is 0.488 e. The SMILES string of the molecule is O=C(/C=C/c1ccccc1OCc1cccnc1)c1cccc(Cl)c1. The molecule has 0 spiro atoms. The van der Waals surface area contributed by atoms with E-state index in [9.17, 15) is 4.79 Å². The molecule has 0 radical (unpaired) electrons. The Morgan fingerprint density at radius 2 is 1.96 bits per heavy atom. The number of pyridine rings is 1. The minimum absolute atomic E-state index is 0.107. The molecule has 0 aliphatic heterocycles. The fraction of sp³-hybridized carbons (Fsp3) is 0.0476. The second kappa shape index (κ2) is 8.27. The molecule has 0 saturated heterocycles. The number of carbonyl (C=O) groups excluding carboxylic acids is 1. The maximum Gasteiger partial charge on any atom is 0.185 e. The number of aromatic nitrogens is 1. The summed E-state index contributed by atoms with van der Waals surface area (Å²) in [5, 5.41) is 0.541. The molecule has 3 aromatic rings. The van der Waals surface area contributed by atoms with Gasteiger partial charge in [-0.3, -0.25) is 9.78 Å². The Hall–Kier alpha value is -2.91. The van der Waals surface area contributed by atoms with E-state index in [1.807, 2.05) is 36.4 Å². The third-order valence-corrected chi connectivity index (χ3v) is 3.79. The van der Waals surface area contributed by atoms with Crippen LogP contribution in [0.15, 0.2) is 79.1 Å². The molecule has 4 heteroatoms. The van der Waals surface area contributed by atoms with Gasteiger partial charge in [0.05, 0.1) is 0 Å². The van der Waals surface area contributed by atoms with Crippen LogP contribution < -0.4 is 4.74 Å². The van der Waals surface area contributed by atoms with Crippen LogP contribution in [-0.4, -0.2) is 10.8 Å². The van der Waals surface area contributed by atoms with E-state index in [0.717, 1.165) is 11.1 Å². The molecule has 0 fully saturated rings. The lowest BCUT2D eigenvalue weighted by molar-refractivity contribution is 0.104. The maximum atomic E-state index is 12.3. The fourth-order valence-electron chi connectivity index (χ4n) is 2.30. The second-order valence-corrected chi connectivity index (χ2v) is 5.83. The molecular formula is C21H16ClNO2. The van der Waals surface area contributed by atoms with Crippen molar-refractivity contribution in [2.24, 2.45) is 0 Å². The zero-order valence-electron chi connectivity index (χ0n) is 13.4. The smallest absolute Gasteiger partial charge is 0.185 e. The summed E-state index contributed by atoms with van der Waals surface area (Å²) in [6.07, 6.45) is 6.77. The van der Waals surface area contributed by atoms with Gasteiger partial charge in [-0.05, 0) is 36.4 Å². The zero-order chi connectivity index (χ0) is 17.5. The number of hydrogen-bond acceptors (Lipinski definition) is 3. The van der Waals surface area contributed by atoms with E-state index in [2.05, 4.69) is 4.98 Å². The number of hydrogen-bond donors (Lipinski definition) is 0. The van der Waals surface area contributed by atoms with Gasteiger partial charge < -0.3 is 4.74 Å². The van der Waals surface area contributed by atoms with Crippen molar-refractivity contribution in [3.05, 3.63) is 101 Å². The number of para-hydroxylation sites is 1. The molecule has 3 nitrogen and oxygen atoms in total. The summed E-state index contributed by atoms with van der Waals surface area (Å²) < 4.78 is 5.86. The molecule has 3 rings (SSSR count). The van der Waals surface area contributed by atoms with Crippen LogP contribution in [0.4, 0.5) is 0 Å². The van der Waals surface area contributed by atoms with Gasteiger partial charge in [0.1, 0.15) is 12.4 Å². The predicted octanol–water partition coefficient (Wildman–Crippen LogP) is 5.21. The highest BCUT2D eigenvalue weighted by Crippen LogP contribution is 2.21. The van der Waals surface area contributed by atoms with E-state index in [4.69, 9.17) is 16.3 Å². The molecule has 0 atom stereocenters. The summed E-state index contributed by atoms with van der Waals surface area (Å²) in [5.74, 6) is 0.603. The van der Waals surface area contributed by atoms with E-state index in [1.165, 1.54) is 6.08 Å². The van der Waals surface area contributed by atoms with Crippen LogP contribution in [0.3, 0.4) is 0 Å². The molecule has 0 aliphatic rings. The third-order valence-electron chi connectivity index (χ3n) is 3.56. The molecule has 124 valence electrons. The molecule has 1 heterocycles. The molecule has 0 saturated carbocycles. The normalized spacial score (nSPS) is 10.8. The summed E-state index contributed by atoms with van der Waals surface area (Å²) >= 11 is 5.93. The van der Waals surface area contributed by atoms with Crippen molar-refractivity contribution >= 4 is 23.5 Å².